The zero-order valence-electron chi connectivity index (χ0n) is 15.4. The number of aromatic nitrogens is 1. The molecule has 5 heteroatoms. The van der Waals surface area contributed by atoms with Gasteiger partial charge in [0, 0.05) is 11.4 Å². The molecule has 0 atom stereocenters. The molecule has 0 aliphatic carbocycles. The van der Waals surface area contributed by atoms with E-state index in [0.29, 0.717) is 10.6 Å². The molecule has 0 aliphatic heterocycles. The molecular formula is C20H23N3OS. The van der Waals surface area contributed by atoms with Gasteiger partial charge in [0.2, 0.25) is 5.91 Å². The summed E-state index contributed by atoms with van der Waals surface area (Å²) in [6.07, 6.45) is 0.862. The highest BCUT2D eigenvalue weighted by Crippen LogP contribution is 2.27. The molecule has 0 saturated heterocycles. The van der Waals surface area contributed by atoms with Crippen LogP contribution in [0.15, 0.2) is 23.2 Å². The van der Waals surface area contributed by atoms with Crippen molar-refractivity contribution in [1.82, 2.24) is 4.98 Å². The van der Waals surface area contributed by atoms with Crippen LogP contribution in [0.1, 0.15) is 40.4 Å². The van der Waals surface area contributed by atoms with E-state index in [0.717, 1.165) is 40.1 Å². The number of nitriles is 1. The summed E-state index contributed by atoms with van der Waals surface area (Å²) in [5.41, 5.74) is 6.48. The van der Waals surface area contributed by atoms with Gasteiger partial charge in [0.1, 0.15) is 11.1 Å². The molecule has 1 aromatic heterocycles. The lowest BCUT2D eigenvalue weighted by Crippen LogP contribution is -2.16. The number of hydrogen-bond acceptors (Lipinski definition) is 4. The van der Waals surface area contributed by atoms with Crippen LogP contribution in [-0.2, 0) is 11.2 Å². The van der Waals surface area contributed by atoms with Crippen molar-refractivity contribution in [2.45, 2.75) is 46.1 Å². The second kappa shape index (κ2) is 8.17. The maximum Gasteiger partial charge on any atom is 0.234 e. The Kier molecular flexibility index (Phi) is 6.22. The predicted molar refractivity (Wildman–Crippen MR) is 103 cm³/mol. The third-order valence-corrected chi connectivity index (χ3v) is 5.39. The molecule has 2 aromatic rings. The van der Waals surface area contributed by atoms with Crippen LogP contribution >= 0.6 is 11.8 Å². The number of benzene rings is 1. The van der Waals surface area contributed by atoms with Gasteiger partial charge >= 0.3 is 0 Å². The number of nitrogens with zero attached hydrogens (tertiary/aromatic N) is 2. The molecule has 4 nitrogen and oxygen atoms in total. The summed E-state index contributed by atoms with van der Waals surface area (Å²) in [6.45, 7) is 9.87. The lowest BCUT2D eigenvalue weighted by molar-refractivity contribution is -0.113. The lowest BCUT2D eigenvalue weighted by atomic mass is 10.1. The number of rotatable bonds is 5. The van der Waals surface area contributed by atoms with Gasteiger partial charge in [-0.15, -0.1) is 0 Å². The third kappa shape index (κ3) is 4.21. The van der Waals surface area contributed by atoms with Crippen LogP contribution < -0.4 is 5.32 Å². The van der Waals surface area contributed by atoms with Crippen LogP contribution in [0, 0.1) is 39.0 Å². The quantitative estimate of drug-likeness (QED) is 0.805. The van der Waals surface area contributed by atoms with Crippen LogP contribution in [0.4, 0.5) is 5.69 Å². The first kappa shape index (κ1) is 19.0. The number of carbonyl (C=O) groups excluding carboxylic acids is 1. The van der Waals surface area contributed by atoms with Crippen molar-refractivity contribution in [2.24, 2.45) is 0 Å². The Morgan fingerprint density at radius 3 is 2.60 bits per heavy atom. The second-order valence-electron chi connectivity index (χ2n) is 6.04. The molecule has 0 radical (unpaired) electrons. The van der Waals surface area contributed by atoms with E-state index in [9.17, 15) is 10.1 Å². The monoisotopic (exact) mass is 353 g/mol. The van der Waals surface area contributed by atoms with Gasteiger partial charge in [0.15, 0.2) is 0 Å². The van der Waals surface area contributed by atoms with Crippen molar-refractivity contribution in [3.8, 4) is 6.07 Å². The summed E-state index contributed by atoms with van der Waals surface area (Å²) >= 11 is 1.31. The van der Waals surface area contributed by atoms with Crippen LogP contribution in [0.2, 0.25) is 0 Å². The molecular weight excluding hydrogens is 330 g/mol. The summed E-state index contributed by atoms with van der Waals surface area (Å²) in [5.74, 6) is 0.136. The average Bonchev–Trinajstić information content (AvgIpc) is 2.59. The van der Waals surface area contributed by atoms with Gasteiger partial charge in [-0.05, 0) is 56.4 Å². The molecule has 25 heavy (non-hydrogen) atoms. The first-order valence-electron chi connectivity index (χ1n) is 8.28. The summed E-state index contributed by atoms with van der Waals surface area (Å²) in [6, 6.07) is 8.23. The van der Waals surface area contributed by atoms with Crippen molar-refractivity contribution in [1.29, 1.82) is 5.26 Å². The minimum Gasteiger partial charge on any atom is -0.325 e. The molecule has 0 unspecified atom stereocenters. The van der Waals surface area contributed by atoms with Crippen LogP contribution in [-0.4, -0.2) is 16.6 Å². The summed E-state index contributed by atoms with van der Waals surface area (Å²) in [4.78, 5) is 16.9. The highest BCUT2D eigenvalue weighted by atomic mass is 32.2. The average molecular weight is 353 g/mol. The Balaban J connectivity index is 2.16. The summed E-state index contributed by atoms with van der Waals surface area (Å²) < 4.78 is 0. The van der Waals surface area contributed by atoms with Crippen molar-refractivity contribution in [3.63, 3.8) is 0 Å². The fraction of sp³-hybridized carbons (Fsp3) is 0.350. The lowest BCUT2D eigenvalue weighted by Gasteiger charge is -2.14. The molecule has 0 aliphatic rings. The van der Waals surface area contributed by atoms with E-state index in [1.165, 1.54) is 11.8 Å². The standard InChI is InChI=1S/C20H23N3OS/c1-6-16-9-7-8-12(2)19(16)23-18(24)11-25-20-17(10-21)14(4)13(3)15(5)22-20/h7-9H,6,11H2,1-5H3,(H,23,24). The van der Waals surface area contributed by atoms with Crippen molar-refractivity contribution in [3.05, 3.63) is 51.7 Å². The molecule has 1 N–H and O–H groups in total. The maximum atomic E-state index is 12.4. The minimum atomic E-state index is -0.0874. The van der Waals surface area contributed by atoms with E-state index >= 15 is 0 Å². The predicted octanol–water partition coefficient (Wildman–Crippen LogP) is 4.48. The number of hydrogen-bond donors (Lipinski definition) is 1. The third-order valence-electron chi connectivity index (χ3n) is 4.42. The zero-order chi connectivity index (χ0) is 18.6. The Hall–Kier alpha value is -2.32. The molecule has 1 aromatic carbocycles. The van der Waals surface area contributed by atoms with Gasteiger partial charge in [0.25, 0.3) is 0 Å². The Morgan fingerprint density at radius 2 is 1.96 bits per heavy atom. The minimum absolute atomic E-state index is 0.0874. The van der Waals surface area contributed by atoms with Gasteiger partial charge in [-0.1, -0.05) is 36.9 Å². The van der Waals surface area contributed by atoms with Crippen molar-refractivity contribution in [2.75, 3.05) is 11.1 Å². The normalized spacial score (nSPS) is 10.4. The van der Waals surface area contributed by atoms with Crippen molar-refractivity contribution >= 4 is 23.4 Å². The van der Waals surface area contributed by atoms with E-state index in [1.54, 1.807) is 0 Å². The zero-order valence-corrected chi connectivity index (χ0v) is 16.2. The molecule has 0 fully saturated rings. The number of amides is 1. The van der Waals surface area contributed by atoms with Crippen molar-refractivity contribution < 1.29 is 4.79 Å². The summed E-state index contributed by atoms with van der Waals surface area (Å²) in [5, 5.41) is 13.0. The Bertz CT molecular complexity index is 853. The topological polar surface area (TPSA) is 65.8 Å². The first-order chi connectivity index (χ1) is 11.9. The molecule has 0 bridgehead atoms. The summed E-state index contributed by atoms with van der Waals surface area (Å²) in [7, 11) is 0. The maximum absolute atomic E-state index is 12.4. The van der Waals surface area contributed by atoms with E-state index in [2.05, 4.69) is 23.3 Å². The molecule has 1 heterocycles. The van der Waals surface area contributed by atoms with E-state index in [-0.39, 0.29) is 11.7 Å². The molecule has 2 rings (SSSR count). The number of anilines is 1. The largest absolute Gasteiger partial charge is 0.325 e. The smallest absolute Gasteiger partial charge is 0.234 e. The fourth-order valence-electron chi connectivity index (χ4n) is 2.66. The van der Waals surface area contributed by atoms with E-state index < -0.39 is 0 Å². The fourth-order valence-corrected chi connectivity index (χ4v) is 3.54. The number of aryl methyl sites for hydroxylation is 3. The number of carbonyl (C=O) groups is 1. The van der Waals surface area contributed by atoms with Gasteiger partial charge < -0.3 is 5.32 Å². The SMILES string of the molecule is CCc1cccc(C)c1NC(=O)CSc1nc(C)c(C)c(C)c1C#N. The van der Waals surface area contributed by atoms with Gasteiger partial charge in [-0.2, -0.15) is 5.26 Å². The van der Waals surface area contributed by atoms with Gasteiger partial charge in [-0.3, -0.25) is 4.79 Å². The molecule has 1 amide bonds. The van der Waals surface area contributed by atoms with Crippen LogP contribution in [0.5, 0.6) is 0 Å². The number of para-hydroxylation sites is 1. The first-order valence-corrected chi connectivity index (χ1v) is 9.26. The molecule has 130 valence electrons. The highest BCUT2D eigenvalue weighted by Gasteiger charge is 2.15. The Morgan fingerprint density at radius 1 is 1.24 bits per heavy atom. The number of pyridine rings is 1. The molecule has 0 spiro atoms. The van der Waals surface area contributed by atoms with E-state index in [1.807, 2.05) is 45.9 Å². The highest BCUT2D eigenvalue weighted by molar-refractivity contribution is 8.00. The van der Waals surface area contributed by atoms with Crippen LogP contribution in [0.3, 0.4) is 0 Å². The molecule has 0 saturated carbocycles. The number of nitrogens with one attached hydrogen (secondary N) is 1. The van der Waals surface area contributed by atoms with E-state index in [4.69, 9.17) is 0 Å². The van der Waals surface area contributed by atoms with Gasteiger partial charge in [0.05, 0.1) is 11.3 Å². The van der Waals surface area contributed by atoms with Crippen LogP contribution in [0.25, 0.3) is 0 Å². The number of thioether (sulfide) groups is 1. The Labute approximate surface area is 153 Å². The second-order valence-corrected chi connectivity index (χ2v) is 7.00. The van der Waals surface area contributed by atoms with Gasteiger partial charge in [-0.25, -0.2) is 4.98 Å².